The fourth-order valence-corrected chi connectivity index (χ4v) is 2.48. The summed E-state index contributed by atoms with van der Waals surface area (Å²) in [5, 5.41) is 2.65. The number of fused-ring (bicyclic) bond motifs is 1. The van der Waals surface area contributed by atoms with Crippen LogP contribution in [-0.2, 0) is 27.3 Å². The highest BCUT2D eigenvalue weighted by molar-refractivity contribution is 5.83. The molecule has 1 atom stereocenters. The number of hydrogen-bond donors (Lipinski definition) is 1. The van der Waals surface area contributed by atoms with Gasteiger partial charge < -0.3 is 14.5 Å². The maximum absolute atomic E-state index is 12.9. The van der Waals surface area contributed by atoms with E-state index in [1.165, 1.54) is 19.1 Å². The van der Waals surface area contributed by atoms with E-state index in [9.17, 15) is 14.0 Å². The first-order chi connectivity index (χ1) is 13.0. The highest BCUT2D eigenvalue weighted by Gasteiger charge is 2.18. The molecule has 1 aromatic heterocycles. The van der Waals surface area contributed by atoms with Crippen LogP contribution in [0.4, 0.5) is 4.39 Å². The normalized spacial score (nSPS) is 11.9. The van der Waals surface area contributed by atoms with Gasteiger partial charge in [-0.3, -0.25) is 9.59 Å². The molecule has 0 bridgehead atoms. The summed E-state index contributed by atoms with van der Waals surface area (Å²) in [6.07, 6.45) is -0.582. The van der Waals surface area contributed by atoms with Gasteiger partial charge in [-0.2, -0.15) is 0 Å². The second kappa shape index (κ2) is 8.44. The number of esters is 1. The van der Waals surface area contributed by atoms with Gasteiger partial charge in [-0.25, -0.2) is 9.37 Å². The number of para-hydroxylation sites is 2. The third-order valence-electron chi connectivity index (χ3n) is 3.94. The molecule has 6 nitrogen and oxygen atoms in total. The molecule has 3 aromatic rings. The second-order valence-corrected chi connectivity index (χ2v) is 6.05. The first kappa shape index (κ1) is 18.6. The molecule has 3 rings (SSSR count). The number of rotatable bonds is 7. The Morgan fingerprint density at radius 1 is 1.19 bits per heavy atom. The SMILES string of the molecule is C[C@@H](OC(=O)CCc1nc2ccccc2o1)C(=O)NCc1ccc(F)cc1. The average molecular weight is 370 g/mol. The number of nitrogens with zero attached hydrogens (tertiary/aromatic N) is 1. The minimum Gasteiger partial charge on any atom is -0.453 e. The van der Waals surface area contributed by atoms with Gasteiger partial charge in [-0.1, -0.05) is 24.3 Å². The molecule has 0 aliphatic heterocycles. The molecule has 0 saturated heterocycles. The van der Waals surface area contributed by atoms with Crippen molar-refractivity contribution in [3.63, 3.8) is 0 Å². The summed E-state index contributed by atoms with van der Waals surface area (Å²) in [6, 6.07) is 13.1. The Morgan fingerprint density at radius 3 is 2.67 bits per heavy atom. The molecular weight excluding hydrogens is 351 g/mol. The molecular formula is C20H19FN2O4. The Morgan fingerprint density at radius 2 is 1.93 bits per heavy atom. The summed E-state index contributed by atoms with van der Waals surface area (Å²) in [5.41, 5.74) is 2.14. The van der Waals surface area contributed by atoms with Crippen molar-refractivity contribution < 1.29 is 23.1 Å². The zero-order valence-corrected chi connectivity index (χ0v) is 14.8. The van der Waals surface area contributed by atoms with Crippen LogP contribution in [0.1, 0.15) is 24.8 Å². The van der Waals surface area contributed by atoms with Gasteiger partial charge in [0.25, 0.3) is 5.91 Å². The maximum Gasteiger partial charge on any atom is 0.307 e. The monoisotopic (exact) mass is 370 g/mol. The lowest BCUT2D eigenvalue weighted by atomic mass is 10.2. The lowest BCUT2D eigenvalue weighted by molar-refractivity contribution is -0.154. The van der Waals surface area contributed by atoms with E-state index in [-0.39, 0.29) is 25.2 Å². The van der Waals surface area contributed by atoms with E-state index in [1.807, 2.05) is 18.2 Å². The lowest BCUT2D eigenvalue weighted by Gasteiger charge is -2.13. The number of carbonyl (C=O) groups excluding carboxylic acids is 2. The lowest BCUT2D eigenvalue weighted by Crippen LogP contribution is -2.35. The molecule has 0 saturated carbocycles. The zero-order valence-electron chi connectivity index (χ0n) is 14.8. The van der Waals surface area contributed by atoms with Crippen LogP contribution < -0.4 is 5.32 Å². The highest BCUT2D eigenvalue weighted by Crippen LogP contribution is 2.16. The third-order valence-corrected chi connectivity index (χ3v) is 3.94. The standard InChI is InChI=1S/C20H19FN2O4/c1-13(20(25)22-12-14-6-8-15(21)9-7-14)26-19(24)11-10-18-23-16-4-2-3-5-17(16)27-18/h2-9,13H,10-12H2,1H3,(H,22,25)/t13-/m1/s1. The number of halogens is 1. The topological polar surface area (TPSA) is 81.4 Å². The number of aromatic nitrogens is 1. The van der Waals surface area contributed by atoms with Crippen molar-refractivity contribution in [3.8, 4) is 0 Å². The summed E-state index contributed by atoms with van der Waals surface area (Å²) in [7, 11) is 0. The molecule has 0 fully saturated rings. The van der Waals surface area contributed by atoms with Gasteiger partial charge in [0.15, 0.2) is 17.6 Å². The van der Waals surface area contributed by atoms with Crippen molar-refractivity contribution in [2.75, 3.05) is 0 Å². The first-order valence-corrected chi connectivity index (χ1v) is 8.57. The van der Waals surface area contributed by atoms with Crippen molar-refractivity contribution in [1.29, 1.82) is 0 Å². The number of hydrogen-bond acceptors (Lipinski definition) is 5. The highest BCUT2D eigenvalue weighted by atomic mass is 19.1. The van der Waals surface area contributed by atoms with E-state index in [1.54, 1.807) is 18.2 Å². The van der Waals surface area contributed by atoms with Crippen molar-refractivity contribution in [1.82, 2.24) is 10.3 Å². The molecule has 0 aliphatic carbocycles. The predicted octanol–water partition coefficient (Wildman–Crippen LogP) is 3.15. The molecule has 1 N–H and O–H groups in total. The quantitative estimate of drug-likeness (QED) is 0.646. The third kappa shape index (κ3) is 5.13. The Balaban J connectivity index is 1.43. The van der Waals surface area contributed by atoms with Crippen LogP contribution in [-0.4, -0.2) is 23.0 Å². The summed E-state index contributed by atoms with van der Waals surface area (Å²) < 4.78 is 23.5. The van der Waals surface area contributed by atoms with E-state index in [2.05, 4.69) is 10.3 Å². The Labute approximate surface area is 155 Å². The molecule has 1 amide bonds. The number of aryl methyl sites for hydroxylation is 1. The molecule has 0 aliphatic rings. The average Bonchev–Trinajstić information content (AvgIpc) is 3.08. The van der Waals surface area contributed by atoms with Crippen molar-refractivity contribution in [3.05, 3.63) is 65.8 Å². The van der Waals surface area contributed by atoms with Crippen LogP contribution in [0, 0.1) is 5.82 Å². The first-order valence-electron chi connectivity index (χ1n) is 8.57. The minimum atomic E-state index is -0.929. The van der Waals surface area contributed by atoms with Crippen LogP contribution in [0.5, 0.6) is 0 Å². The molecule has 0 radical (unpaired) electrons. The summed E-state index contributed by atoms with van der Waals surface area (Å²) in [5.74, 6) is -0.830. The number of amides is 1. The molecule has 1 heterocycles. The van der Waals surface area contributed by atoms with Gasteiger partial charge >= 0.3 is 5.97 Å². The molecule has 2 aromatic carbocycles. The van der Waals surface area contributed by atoms with Crippen molar-refractivity contribution in [2.24, 2.45) is 0 Å². The van der Waals surface area contributed by atoms with Crippen LogP contribution >= 0.6 is 0 Å². The van der Waals surface area contributed by atoms with E-state index in [4.69, 9.17) is 9.15 Å². The van der Waals surface area contributed by atoms with Gasteiger partial charge in [0.2, 0.25) is 0 Å². The second-order valence-electron chi connectivity index (χ2n) is 6.05. The van der Waals surface area contributed by atoms with Gasteiger partial charge in [-0.15, -0.1) is 0 Å². The molecule has 0 unspecified atom stereocenters. The number of carbonyl (C=O) groups is 2. The van der Waals surface area contributed by atoms with Gasteiger partial charge in [-0.05, 0) is 36.8 Å². The van der Waals surface area contributed by atoms with Crippen molar-refractivity contribution in [2.45, 2.75) is 32.4 Å². The smallest absolute Gasteiger partial charge is 0.307 e. The molecule has 7 heteroatoms. The number of oxazole rings is 1. The number of ether oxygens (including phenoxy) is 1. The summed E-state index contributed by atoms with van der Waals surface area (Å²) >= 11 is 0. The van der Waals surface area contributed by atoms with Crippen molar-refractivity contribution >= 4 is 23.0 Å². The molecule has 0 spiro atoms. The molecule has 27 heavy (non-hydrogen) atoms. The summed E-state index contributed by atoms with van der Waals surface area (Å²) in [6.45, 7) is 1.72. The summed E-state index contributed by atoms with van der Waals surface area (Å²) in [4.78, 5) is 28.2. The molecule has 140 valence electrons. The Kier molecular flexibility index (Phi) is 5.80. The van der Waals surface area contributed by atoms with Gasteiger partial charge in [0, 0.05) is 13.0 Å². The zero-order chi connectivity index (χ0) is 19.2. The van der Waals surface area contributed by atoms with Crippen LogP contribution in [0.15, 0.2) is 52.9 Å². The fourth-order valence-electron chi connectivity index (χ4n) is 2.48. The van der Waals surface area contributed by atoms with E-state index >= 15 is 0 Å². The predicted molar refractivity (Wildman–Crippen MR) is 96.1 cm³/mol. The maximum atomic E-state index is 12.9. The minimum absolute atomic E-state index is 0.0579. The fraction of sp³-hybridized carbons (Fsp3) is 0.250. The van der Waals surface area contributed by atoms with E-state index in [0.717, 1.165) is 11.1 Å². The number of nitrogens with one attached hydrogen (secondary N) is 1. The van der Waals surface area contributed by atoms with Crippen LogP contribution in [0.3, 0.4) is 0 Å². The van der Waals surface area contributed by atoms with Gasteiger partial charge in [0.05, 0.1) is 6.42 Å². The largest absolute Gasteiger partial charge is 0.453 e. The van der Waals surface area contributed by atoms with Crippen LogP contribution in [0.25, 0.3) is 11.1 Å². The Bertz CT molecular complexity index is 904. The number of benzene rings is 2. The van der Waals surface area contributed by atoms with E-state index < -0.39 is 18.0 Å². The van der Waals surface area contributed by atoms with Crippen LogP contribution in [0.2, 0.25) is 0 Å². The Hall–Kier alpha value is -3.22. The van der Waals surface area contributed by atoms with E-state index in [0.29, 0.717) is 11.5 Å². The van der Waals surface area contributed by atoms with Gasteiger partial charge in [0.1, 0.15) is 11.3 Å².